The lowest BCUT2D eigenvalue weighted by atomic mass is 10.1. The number of carbonyl (C=O) groups excluding carboxylic acids is 1. The van der Waals surface area contributed by atoms with Gasteiger partial charge in [0, 0.05) is 11.8 Å². The minimum atomic E-state index is -0.547. The molecule has 24 heavy (non-hydrogen) atoms. The van der Waals surface area contributed by atoms with Crippen LogP contribution < -0.4 is 4.74 Å². The van der Waals surface area contributed by atoms with Gasteiger partial charge in [-0.05, 0) is 43.3 Å². The van der Waals surface area contributed by atoms with Crippen LogP contribution in [0.5, 0.6) is 5.75 Å². The molecule has 7 heteroatoms. The van der Waals surface area contributed by atoms with Crippen LogP contribution in [0.15, 0.2) is 48.8 Å². The van der Waals surface area contributed by atoms with E-state index in [-0.39, 0.29) is 5.69 Å². The van der Waals surface area contributed by atoms with Gasteiger partial charge in [-0.25, -0.2) is 9.48 Å². The zero-order valence-corrected chi connectivity index (χ0v) is 13.3. The number of methoxy groups -OCH3 is 1. The third-order valence-corrected chi connectivity index (χ3v) is 3.38. The quantitative estimate of drug-likeness (QED) is 0.671. The highest BCUT2D eigenvalue weighted by atomic mass is 16.5. The molecule has 2 aromatic heterocycles. The summed E-state index contributed by atoms with van der Waals surface area (Å²) in [4.78, 5) is 11.8. The van der Waals surface area contributed by atoms with Gasteiger partial charge in [0.2, 0.25) is 0 Å². The Kier molecular flexibility index (Phi) is 4.51. The molecular formula is C17H16N4O3. The lowest BCUT2D eigenvalue weighted by molar-refractivity contribution is 0.0593. The van der Waals surface area contributed by atoms with E-state index >= 15 is 0 Å². The molecule has 0 unspecified atom stereocenters. The van der Waals surface area contributed by atoms with E-state index in [1.165, 1.54) is 13.3 Å². The summed E-state index contributed by atoms with van der Waals surface area (Å²) in [6.07, 6.45) is 3.32. The average molecular weight is 324 g/mol. The first-order valence-corrected chi connectivity index (χ1v) is 7.42. The Morgan fingerprint density at radius 1 is 1.17 bits per heavy atom. The van der Waals surface area contributed by atoms with Crippen molar-refractivity contribution >= 4 is 5.97 Å². The van der Waals surface area contributed by atoms with Crippen molar-refractivity contribution in [2.75, 3.05) is 13.7 Å². The van der Waals surface area contributed by atoms with E-state index in [1.807, 2.05) is 37.4 Å². The van der Waals surface area contributed by atoms with Crippen LogP contribution in [0, 0.1) is 0 Å². The highest BCUT2D eigenvalue weighted by Gasteiger charge is 2.17. The molecule has 0 saturated carbocycles. The van der Waals surface area contributed by atoms with Gasteiger partial charge in [0.25, 0.3) is 0 Å². The predicted molar refractivity (Wildman–Crippen MR) is 87.1 cm³/mol. The van der Waals surface area contributed by atoms with E-state index in [9.17, 15) is 4.79 Å². The number of benzene rings is 1. The second-order valence-corrected chi connectivity index (χ2v) is 4.86. The maximum atomic E-state index is 11.8. The first-order valence-electron chi connectivity index (χ1n) is 7.42. The largest absolute Gasteiger partial charge is 0.494 e. The van der Waals surface area contributed by atoms with Crippen molar-refractivity contribution in [3.63, 3.8) is 0 Å². The second-order valence-electron chi connectivity index (χ2n) is 4.86. The van der Waals surface area contributed by atoms with Crippen LogP contribution >= 0.6 is 0 Å². The molecule has 3 rings (SSSR count). The summed E-state index contributed by atoms with van der Waals surface area (Å²) in [6.45, 7) is 2.56. The molecule has 0 aliphatic rings. The number of carbonyl (C=O) groups is 1. The van der Waals surface area contributed by atoms with E-state index in [0.29, 0.717) is 17.9 Å². The van der Waals surface area contributed by atoms with Crippen LogP contribution in [-0.4, -0.2) is 39.7 Å². The Morgan fingerprint density at radius 3 is 2.67 bits per heavy atom. The van der Waals surface area contributed by atoms with Crippen molar-refractivity contribution < 1.29 is 14.3 Å². The number of esters is 1. The molecule has 7 nitrogen and oxygen atoms in total. The van der Waals surface area contributed by atoms with Crippen LogP contribution in [0.2, 0.25) is 0 Å². The molecule has 0 fully saturated rings. The lowest BCUT2D eigenvalue weighted by Crippen LogP contribution is -2.08. The van der Waals surface area contributed by atoms with Crippen molar-refractivity contribution in [1.82, 2.24) is 20.0 Å². The number of aromatic nitrogens is 4. The zero-order chi connectivity index (χ0) is 16.9. The molecule has 0 radical (unpaired) electrons. The zero-order valence-electron chi connectivity index (χ0n) is 13.3. The van der Waals surface area contributed by atoms with E-state index in [4.69, 9.17) is 9.47 Å². The van der Waals surface area contributed by atoms with E-state index in [0.717, 1.165) is 11.4 Å². The Morgan fingerprint density at radius 2 is 1.96 bits per heavy atom. The SMILES string of the molecule is CCOc1ccc(-n2ccc(-c3ccnnc3C(=O)OC)n2)cc1. The van der Waals surface area contributed by atoms with E-state index in [1.54, 1.807) is 16.8 Å². The standard InChI is InChI=1S/C17H16N4O3/c1-3-24-13-6-4-12(5-7-13)21-11-9-15(20-21)14-8-10-18-19-16(14)17(22)23-2/h4-11H,3H2,1-2H3. The first kappa shape index (κ1) is 15.7. The number of nitrogens with zero attached hydrogens (tertiary/aromatic N) is 4. The van der Waals surface area contributed by atoms with E-state index in [2.05, 4.69) is 15.3 Å². The summed E-state index contributed by atoms with van der Waals surface area (Å²) >= 11 is 0. The molecule has 2 heterocycles. The Hall–Kier alpha value is -3.22. The van der Waals surface area contributed by atoms with Gasteiger partial charge >= 0.3 is 5.97 Å². The first-order chi connectivity index (χ1) is 11.7. The highest BCUT2D eigenvalue weighted by Crippen LogP contribution is 2.22. The fourth-order valence-electron chi connectivity index (χ4n) is 2.26. The highest BCUT2D eigenvalue weighted by molar-refractivity contribution is 5.94. The van der Waals surface area contributed by atoms with Crippen molar-refractivity contribution in [1.29, 1.82) is 0 Å². The van der Waals surface area contributed by atoms with Crippen LogP contribution in [0.1, 0.15) is 17.4 Å². The summed E-state index contributed by atoms with van der Waals surface area (Å²) < 4.78 is 11.9. The molecule has 0 aliphatic heterocycles. The number of hydrogen-bond donors (Lipinski definition) is 0. The summed E-state index contributed by atoms with van der Waals surface area (Å²) in [6, 6.07) is 11.1. The third kappa shape index (κ3) is 3.10. The van der Waals surface area contributed by atoms with Gasteiger partial charge in [0.15, 0.2) is 5.69 Å². The minimum Gasteiger partial charge on any atom is -0.494 e. The molecule has 122 valence electrons. The second kappa shape index (κ2) is 6.91. The normalized spacial score (nSPS) is 10.4. The van der Waals surface area contributed by atoms with Gasteiger partial charge in [-0.1, -0.05) is 0 Å². The van der Waals surface area contributed by atoms with Gasteiger partial charge in [0.05, 0.1) is 31.3 Å². The van der Waals surface area contributed by atoms with Crippen LogP contribution in [0.4, 0.5) is 0 Å². The van der Waals surface area contributed by atoms with Crippen LogP contribution in [0.3, 0.4) is 0 Å². The summed E-state index contributed by atoms with van der Waals surface area (Å²) in [5.74, 6) is 0.258. The average Bonchev–Trinajstić information content (AvgIpc) is 3.12. The van der Waals surface area contributed by atoms with E-state index < -0.39 is 5.97 Å². The van der Waals surface area contributed by atoms with Gasteiger partial charge in [0.1, 0.15) is 5.75 Å². The fraction of sp³-hybridized carbons (Fsp3) is 0.176. The van der Waals surface area contributed by atoms with Crippen LogP contribution in [0.25, 0.3) is 16.9 Å². The fourth-order valence-corrected chi connectivity index (χ4v) is 2.26. The Balaban J connectivity index is 1.92. The van der Waals surface area contributed by atoms with Crippen LogP contribution in [-0.2, 0) is 4.74 Å². The number of ether oxygens (including phenoxy) is 2. The van der Waals surface area contributed by atoms with Crippen molar-refractivity contribution in [2.45, 2.75) is 6.92 Å². The van der Waals surface area contributed by atoms with Crippen molar-refractivity contribution in [3.8, 4) is 22.7 Å². The van der Waals surface area contributed by atoms with Crippen molar-refractivity contribution in [2.24, 2.45) is 0 Å². The molecule has 3 aromatic rings. The molecule has 0 N–H and O–H groups in total. The molecule has 0 saturated heterocycles. The molecule has 0 atom stereocenters. The summed E-state index contributed by atoms with van der Waals surface area (Å²) in [5.41, 5.74) is 2.20. The molecule has 0 spiro atoms. The number of rotatable bonds is 5. The molecule has 0 amide bonds. The van der Waals surface area contributed by atoms with Gasteiger partial charge in [-0.3, -0.25) is 0 Å². The third-order valence-electron chi connectivity index (χ3n) is 3.38. The topological polar surface area (TPSA) is 79.1 Å². The number of hydrogen-bond acceptors (Lipinski definition) is 6. The molecule has 0 aliphatic carbocycles. The molecule has 0 bridgehead atoms. The summed E-state index contributed by atoms with van der Waals surface area (Å²) in [7, 11) is 1.30. The molecular weight excluding hydrogens is 308 g/mol. The Bertz CT molecular complexity index is 843. The smallest absolute Gasteiger partial charge is 0.359 e. The Labute approximate surface area is 138 Å². The minimum absolute atomic E-state index is 0.136. The predicted octanol–water partition coefficient (Wildman–Crippen LogP) is 2.51. The monoisotopic (exact) mass is 324 g/mol. The lowest BCUT2D eigenvalue weighted by Gasteiger charge is -2.05. The van der Waals surface area contributed by atoms with Gasteiger partial charge in [-0.15, -0.1) is 5.10 Å². The van der Waals surface area contributed by atoms with Crippen molar-refractivity contribution in [3.05, 3.63) is 54.5 Å². The maximum Gasteiger partial charge on any atom is 0.359 e. The summed E-state index contributed by atoms with van der Waals surface area (Å²) in [5, 5.41) is 12.1. The maximum absolute atomic E-state index is 11.8. The van der Waals surface area contributed by atoms with Gasteiger partial charge < -0.3 is 9.47 Å². The van der Waals surface area contributed by atoms with Gasteiger partial charge in [-0.2, -0.15) is 10.2 Å². The molecule has 1 aromatic carbocycles.